The summed E-state index contributed by atoms with van der Waals surface area (Å²) in [7, 11) is 0. The van der Waals surface area contributed by atoms with Gasteiger partial charge in [0.2, 0.25) is 0 Å². The van der Waals surface area contributed by atoms with Crippen molar-refractivity contribution in [2.45, 2.75) is 77.9 Å². The maximum Gasteiger partial charge on any atom is 0.0549 e. The monoisotopic (exact) mass is 241 g/mol. The van der Waals surface area contributed by atoms with Crippen LogP contribution in [0.2, 0.25) is 0 Å². The Labute approximate surface area is 108 Å². The molecular formula is C15H31NO. The van der Waals surface area contributed by atoms with Crippen molar-refractivity contribution in [3.8, 4) is 0 Å². The fourth-order valence-electron chi connectivity index (χ4n) is 2.19. The summed E-state index contributed by atoms with van der Waals surface area (Å²) < 4.78 is 5.79. The van der Waals surface area contributed by atoms with Crippen molar-refractivity contribution in [2.24, 2.45) is 5.92 Å². The van der Waals surface area contributed by atoms with Gasteiger partial charge >= 0.3 is 0 Å². The Morgan fingerprint density at radius 3 is 2.41 bits per heavy atom. The van der Waals surface area contributed by atoms with E-state index in [-0.39, 0.29) is 0 Å². The lowest BCUT2D eigenvalue weighted by Gasteiger charge is -2.14. The normalized spacial score (nSPS) is 17.6. The van der Waals surface area contributed by atoms with Gasteiger partial charge in [-0.05, 0) is 51.5 Å². The molecule has 0 amide bonds. The van der Waals surface area contributed by atoms with E-state index in [0.29, 0.717) is 6.10 Å². The van der Waals surface area contributed by atoms with Crippen molar-refractivity contribution < 1.29 is 4.74 Å². The van der Waals surface area contributed by atoms with Gasteiger partial charge < -0.3 is 10.1 Å². The van der Waals surface area contributed by atoms with E-state index in [0.717, 1.165) is 18.6 Å². The predicted octanol–water partition coefficient (Wildman–Crippen LogP) is 3.75. The van der Waals surface area contributed by atoms with Gasteiger partial charge in [-0.2, -0.15) is 0 Å². The summed E-state index contributed by atoms with van der Waals surface area (Å²) >= 11 is 0. The third kappa shape index (κ3) is 9.61. The van der Waals surface area contributed by atoms with Crippen LogP contribution in [0.4, 0.5) is 0 Å². The van der Waals surface area contributed by atoms with Crippen LogP contribution in [0, 0.1) is 5.92 Å². The number of unbranched alkanes of at least 4 members (excludes halogenated alkanes) is 3. The summed E-state index contributed by atoms with van der Waals surface area (Å²) in [5.41, 5.74) is 0. The molecule has 1 aliphatic carbocycles. The molecule has 102 valence electrons. The van der Waals surface area contributed by atoms with Gasteiger partial charge in [0, 0.05) is 12.6 Å². The summed E-state index contributed by atoms with van der Waals surface area (Å²) in [4.78, 5) is 0. The standard InChI is InChI=1S/C15H31NO/c1-13(2)12-14(3)17-11-7-5-4-6-10-16-15-8-9-15/h13-16H,4-12H2,1-3H3. The molecule has 2 nitrogen and oxygen atoms in total. The van der Waals surface area contributed by atoms with E-state index in [9.17, 15) is 0 Å². The molecule has 0 aromatic heterocycles. The van der Waals surface area contributed by atoms with Crippen molar-refractivity contribution in [3.05, 3.63) is 0 Å². The first-order valence-corrected chi connectivity index (χ1v) is 7.53. The number of ether oxygens (including phenoxy) is 1. The molecule has 0 spiro atoms. The Bertz CT molecular complexity index is 178. The van der Waals surface area contributed by atoms with Crippen LogP contribution in [0.15, 0.2) is 0 Å². The first-order chi connectivity index (χ1) is 8.18. The maximum atomic E-state index is 5.79. The van der Waals surface area contributed by atoms with Crippen molar-refractivity contribution in [3.63, 3.8) is 0 Å². The molecular weight excluding hydrogens is 210 g/mol. The summed E-state index contributed by atoms with van der Waals surface area (Å²) in [5.74, 6) is 0.749. The highest BCUT2D eigenvalue weighted by Gasteiger charge is 2.19. The molecule has 17 heavy (non-hydrogen) atoms. The largest absolute Gasteiger partial charge is 0.379 e. The first kappa shape index (κ1) is 15.0. The molecule has 0 bridgehead atoms. The van der Waals surface area contributed by atoms with Crippen LogP contribution in [-0.4, -0.2) is 25.3 Å². The van der Waals surface area contributed by atoms with E-state index in [1.807, 2.05) is 0 Å². The lowest BCUT2D eigenvalue weighted by molar-refractivity contribution is 0.0494. The zero-order valence-electron chi connectivity index (χ0n) is 12.0. The van der Waals surface area contributed by atoms with E-state index in [2.05, 4.69) is 26.1 Å². The summed E-state index contributed by atoms with van der Waals surface area (Å²) in [6.07, 6.45) is 9.66. The smallest absolute Gasteiger partial charge is 0.0549 e. The van der Waals surface area contributed by atoms with Gasteiger partial charge in [0.15, 0.2) is 0 Å². The summed E-state index contributed by atoms with van der Waals surface area (Å²) in [5, 5.41) is 3.56. The van der Waals surface area contributed by atoms with Crippen LogP contribution >= 0.6 is 0 Å². The van der Waals surface area contributed by atoms with Crippen LogP contribution in [0.1, 0.15) is 65.7 Å². The molecule has 0 aliphatic heterocycles. The molecule has 1 saturated carbocycles. The average Bonchev–Trinajstić information content (AvgIpc) is 3.04. The SMILES string of the molecule is CC(C)CC(C)OCCCCCCNC1CC1. The van der Waals surface area contributed by atoms with E-state index in [1.54, 1.807) is 0 Å². The van der Waals surface area contributed by atoms with Crippen LogP contribution in [-0.2, 0) is 4.74 Å². The molecule has 0 radical (unpaired) electrons. The fraction of sp³-hybridized carbons (Fsp3) is 1.00. The second-order valence-electron chi connectivity index (χ2n) is 5.95. The van der Waals surface area contributed by atoms with E-state index in [4.69, 9.17) is 4.74 Å². The zero-order chi connectivity index (χ0) is 12.5. The second kappa shape index (κ2) is 8.93. The van der Waals surface area contributed by atoms with Gasteiger partial charge in [-0.1, -0.05) is 26.7 Å². The Hall–Kier alpha value is -0.0800. The van der Waals surface area contributed by atoms with Crippen molar-refractivity contribution in [1.29, 1.82) is 0 Å². The van der Waals surface area contributed by atoms with E-state index < -0.39 is 0 Å². The Morgan fingerprint density at radius 2 is 1.76 bits per heavy atom. The van der Waals surface area contributed by atoms with Gasteiger partial charge in [-0.15, -0.1) is 0 Å². The minimum absolute atomic E-state index is 0.437. The lowest BCUT2D eigenvalue weighted by atomic mass is 10.1. The van der Waals surface area contributed by atoms with Gasteiger partial charge in [0.05, 0.1) is 6.10 Å². The quantitative estimate of drug-likeness (QED) is 0.556. The molecule has 1 unspecified atom stereocenters. The fourth-order valence-corrected chi connectivity index (χ4v) is 2.19. The first-order valence-electron chi connectivity index (χ1n) is 7.53. The molecule has 0 heterocycles. The molecule has 2 heteroatoms. The highest BCUT2D eigenvalue weighted by molar-refractivity contribution is 4.80. The molecule has 0 aromatic carbocycles. The summed E-state index contributed by atoms with van der Waals surface area (Å²) in [6, 6.07) is 0.871. The summed E-state index contributed by atoms with van der Waals surface area (Å²) in [6.45, 7) is 8.87. The number of hydrogen-bond donors (Lipinski definition) is 1. The molecule has 0 saturated heterocycles. The number of hydrogen-bond acceptors (Lipinski definition) is 2. The minimum Gasteiger partial charge on any atom is -0.379 e. The molecule has 0 aromatic rings. The molecule has 1 atom stereocenters. The van der Waals surface area contributed by atoms with Crippen molar-refractivity contribution >= 4 is 0 Å². The number of nitrogens with one attached hydrogen (secondary N) is 1. The third-order valence-electron chi connectivity index (χ3n) is 3.29. The number of rotatable bonds is 11. The topological polar surface area (TPSA) is 21.3 Å². The molecule has 1 N–H and O–H groups in total. The average molecular weight is 241 g/mol. The van der Waals surface area contributed by atoms with Gasteiger partial charge in [0.1, 0.15) is 0 Å². The maximum absolute atomic E-state index is 5.79. The van der Waals surface area contributed by atoms with Crippen LogP contribution in [0.25, 0.3) is 0 Å². The third-order valence-corrected chi connectivity index (χ3v) is 3.29. The highest BCUT2D eigenvalue weighted by atomic mass is 16.5. The molecule has 1 fully saturated rings. The van der Waals surface area contributed by atoms with Crippen LogP contribution < -0.4 is 5.32 Å². The van der Waals surface area contributed by atoms with Crippen molar-refractivity contribution in [1.82, 2.24) is 5.32 Å². The zero-order valence-corrected chi connectivity index (χ0v) is 12.0. The predicted molar refractivity (Wildman–Crippen MR) is 74.4 cm³/mol. The van der Waals surface area contributed by atoms with E-state index >= 15 is 0 Å². The van der Waals surface area contributed by atoms with Gasteiger partial charge in [-0.25, -0.2) is 0 Å². The Balaban J connectivity index is 1.74. The molecule has 1 rings (SSSR count). The van der Waals surface area contributed by atoms with E-state index in [1.165, 1.54) is 51.5 Å². The highest BCUT2D eigenvalue weighted by Crippen LogP contribution is 2.18. The van der Waals surface area contributed by atoms with Gasteiger partial charge in [-0.3, -0.25) is 0 Å². The minimum atomic E-state index is 0.437. The van der Waals surface area contributed by atoms with Gasteiger partial charge in [0.25, 0.3) is 0 Å². The Kier molecular flexibility index (Phi) is 7.87. The van der Waals surface area contributed by atoms with Crippen molar-refractivity contribution in [2.75, 3.05) is 13.2 Å². The lowest BCUT2D eigenvalue weighted by Crippen LogP contribution is -2.17. The van der Waals surface area contributed by atoms with Crippen LogP contribution in [0.3, 0.4) is 0 Å². The second-order valence-corrected chi connectivity index (χ2v) is 5.95. The Morgan fingerprint density at radius 1 is 1.06 bits per heavy atom. The van der Waals surface area contributed by atoms with Crippen LogP contribution in [0.5, 0.6) is 0 Å². The molecule has 1 aliphatic rings.